The first-order valence-electron chi connectivity index (χ1n) is 9.34. The predicted molar refractivity (Wildman–Crippen MR) is 131 cm³/mol. The first-order chi connectivity index (χ1) is 15.4. The van der Waals surface area contributed by atoms with E-state index in [1.165, 1.54) is 67.6 Å². The maximum atomic E-state index is 12.9. The fourth-order valence-corrected chi connectivity index (χ4v) is 5.28. The first-order valence-corrected chi connectivity index (χ1v) is 13.6. The molecule has 3 aromatic carbocycles. The summed E-state index contributed by atoms with van der Waals surface area (Å²) in [6, 6.07) is 13.5. The smallest absolute Gasteiger partial charge is 0.261 e. The summed E-state index contributed by atoms with van der Waals surface area (Å²) in [6.45, 7) is 1.53. The summed E-state index contributed by atoms with van der Waals surface area (Å²) in [5.41, 5.74) is 0.248. The lowest BCUT2D eigenvalue weighted by Crippen LogP contribution is -2.19. The Labute approximate surface area is 206 Å². The molecular formula is C21H17Cl3N2O5S2. The second-order valence-electron chi connectivity index (χ2n) is 6.75. The highest BCUT2D eigenvalue weighted by molar-refractivity contribution is 7.92. The lowest BCUT2D eigenvalue weighted by Gasteiger charge is -2.14. The van der Waals surface area contributed by atoms with Gasteiger partial charge in [0.2, 0.25) is 0 Å². The molecule has 0 aromatic heterocycles. The molecule has 12 heteroatoms. The lowest BCUT2D eigenvalue weighted by molar-refractivity contribution is 0.102. The van der Waals surface area contributed by atoms with Gasteiger partial charge in [0.25, 0.3) is 15.9 Å². The minimum Gasteiger partial charge on any atom is -0.322 e. The summed E-state index contributed by atoms with van der Waals surface area (Å²) in [6.07, 6.45) is 0. The van der Waals surface area contributed by atoms with Crippen LogP contribution in [0.4, 0.5) is 11.4 Å². The molecule has 3 rings (SSSR count). The van der Waals surface area contributed by atoms with Crippen LogP contribution in [0.3, 0.4) is 0 Å². The number of nitrogens with one attached hydrogen (secondary N) is 2. The van der Waals surface area contributed by atoms with E-state index in [0.717, 1.165) is 0 Å². The molecule has 0 aliphatic carbocycles. The Morgan fingerprint density at radius 3 is 2.06 bits per heavy atom. The van der Waals surface area contributed by atoms with Crippen LogP contribution in [0.25, 0.3) is 0 Å². The number of hydrogen-bond acceptors (Lipinski definition) is 5. The van der Waals surface area contributed by atoms with Gasteiger partial charge in [0.05, 0.1) is 36.8 Å². The average Bonchev–Trinajstić information content (AvgIpc) is 2.77. The summed E-state index contributed by atoms with van der Waals surface area (Å²) in [5, 5.41) is 3.06. The van der Waals surface area contributed by atoms with Gasteiger partial charge >= 0.3 is 0 Å². The van der Waals surface area contributed by atoms with Gasteiger partial charge in [-0.1, -0.05) is 41.7 Å². The highest BCUT2D eigenvalue weighted by atomic mass is 35.5. The van der Waals surface area contributed by atoms with E-state index in [9.17, 15) is 21.6 Å². The number of carbonyl (C=O) groups excluding carboxylic acids is 1. The molecule has 0 spiro atoms. The van der Waals surface area contributed by atoms with Gasteiger partial charge in [0, 0.05) is 10.7 Å². The van der Waals surface area contributed by atoms with Crippen molar-refractivity contribution in [3.8, 4) is 0 Å². The molecule has 0 saturated heterocycles. The van der Waals surface area contributed by atoms with Crippen molar-refractivity contribution >= 4 is 71.9 Å². The van der Waals surface area contributed by atoms with Crippen LogP contribution in [0.15, 0.2) is 70.5 Å². The van der Waals surface area contributed by atoms with E-state index in [0.29, 0.717) is 5.69 Å². The summed E-state index contributed by atoms with van der Waals surface area (Å²) < 4.78 is 51.9. The quantitative estimate of drug-likeness (QED) is 0.406. The number of carbonyl (C=O) groups is 1. The van der Waals surface area contributed by atoms with Crippen LogP contribution >= 0.6 is 34.8 Å². The number of benzene rings is 3. The summed E-state index contributed by atoms with van der Waals surface area (Å²) >= 11 is 17.8. The van der Waals surface area contributed by atoms with Crippen LogP contribution in [0, 0.1) is 0 Å². The standard InChI is InChI=1S/C21H17Cl3N2O5S2/c1-2-32(28,29)15-6-4-14(5-7-15)25-21(27)17-11-13(22)3-10-20(17)26-33(30,31)16-8-9-18(23)19(24)12-16/h3-12,26H,2H2,1H3,(H,25,27). The van der Waals surface area contributed by atoms with Crippen molar-refractivity contribution in [1.82, 2.24) is 0 Å². The minimum absolute atomic E-state index is 0.0202. The van der Waals surface area contributed by atoms with Crippen LogP contribution in [0.1, 0.15) is 17.3 Å². The van der Waals surface area contributed by atoms with E-state index < -0.39 is 25.8 Å². The SMILES string of the molecule is CCS(=O)(=O)c1ccc(NC(=O)c2cc(Cl)ccc2NS(=O)(=O)c2ccc(Cl)c(Cl)c2)cc1. The van der Waals surface area contributed by atoms with Crippen molar-refractivity contribution in [1.29, 1.82) is 0 Å². The Kier molecular flexibility index (Phi) is 7.60. The molecule has 0 aliphatic heterocycles. The first kappa shape index (κ1) is 25.3. The summed E-state index contributed by atoms with van der Waals surface area (Å²) in [5.74, 6) is -0.709. The third-order valence-electron chi connectivity index (χ3n) is 4.52. The number of halogens is 3. The van der Waals surface area contributed by atoms with E-state index >= 15 is 0 Å². The zero-order chi connectivity index (χ0) is 24.4. The van der Waals surface area contributed by atoms with Gasteiger partial charge in [0.1, 0.15) is 0 Å². The van der Waals surface area contributed by atoms with Crippen LogP contribution in [-0.2, 0) is 19.9 Å². The zero-order valence-electron chi connectivity index (χ0n) is 17.0. The van der Waals surface area contributed by atoms with Crippen LogP contribution in [0.5, 0.6) is 0 Å². The lowest BCUT2D eigenvalue weighted by atomic mass is 10.1. The average molecular weight is 548 g/mol. The third-order valence-corrected chi connectivity index (χ3v) is 8.61. The fraction of sp³-hybridized carbons (Fsp3) is 0.0952. The van der Waals surface area contributed by atoms with Crippen molar-refractivity contribution in [2.75, 3.05) is 15.8 Å². The van der Waals surface area contributed by atoms with E-state index in [1.807, 2.05) is 0 Å². The molecule has 0 bridgehead atoms. The molecule has 174 valence electrons. The number of sulfone groups is 1. The van der Waals surface area contributed by atoms with Crippen LogP contribution in [-0.4, -0.2) is 28.5 Å². The molecule has 0 unspecified atom stereocenters. The number of rotatable bonds is 7. The van der Waals surface area contributed by atoms with Gasteiger partial charge in [-0.2, -0.15) is 0 Å². The van der Waals surface area contributed by atoms with Crippen LogP contribution in [0.2, 0.25) is 15.1 Å². The number of anilines is 2. The summed E-state index contributed by atoms with van der Waals surface area (Å²) in [7, 11) is -7.49. The number of hydrogen-bond donors (Lipinski definition) is 2. The Bertz CT molecular complexity index is 1420. The van der Waals surface area contributed by atoms with Gasteiger partial charge in [-0.25, -0.2) is 16.8 Å². The Morgan fingerprint density at radius 2 is 1.45 bits per heavy atom. The number of sulfonamides is 1. The second-order valence-corrected chi connectivity index (χ2v) is 12.0. The maximum absolute atomic E-state index is 12.9. The second kappa shape index (κ2) is 9.90. The zero-order valence-corrected chi connectivity index (χ0v) is 20.9. The van der Waals surface area contributed by atoms with E-state index in [4.69, 9.17) is 34.8 Å². The molecule has 0 saturated carbocycles. The molecule has 1 amide bonds. The summed E-state index contributed by atoms with van der Waals surface area (Å²) in [4.78, 5) is 12.9. The van der Waals surface area contributed by atoms with Gasteiger partial charge in [-0.15, -0.1) is 0 Å². The van der Waals surface area contributed by atoms with Crippen molar-refractivity contribution in [2.24, 2.45) is 0 Å². The molecule has 0 atom stereocenters. The minimum atomic E-state index is -4.10. The molecule has 33 heavy (non-hydrogen) atoms. The Hall–Kier alpha value is -2.30. The number of amides is 1. The highest BCUT2D eigenvalue weighted by Crippen LogP contribution is 2.28. The van der Waals surface area contributed by atoms with Gasteiger partial charge in [0.15, 0.2) is 9.84 Å². The molecule has 2 N–H and O–H groups in total. The highest BCUT2D eigenvalue weighted by Gasteiger charge is 2.21. The topological polar surface area (TPSA) is 109 Å². The molecular weight excluding hydrogens is 531 g/mol. The van der Waals surface area contributed by atoms with Crippen molar-refractivity contribution in [3.05, 3.63) is 81.3 Å². The largest absolute Gasteiger partial charge is 0.322 e. The normalized spacial score (nSPS) is 11.8. The molecule has 3 aromatic rings. The fourth-order valence-electron chi connectivity index (χ4n) is 2.75. The van der Waals surface area contributed by atoms with Gasteiger partial charge in [-0.3, -0.25) is 9.52 Å². The Morgan fingerprint density at radius 1 is 0.818 bits per heavy atom. The predicted octanol–water partition coefficient (Wildman–Crippen LogP) is 5.49. The van der Waals surface area contributed by atoms with Gasteiger partial charge in [-0.05, 0) is 60.7 Å². The van der Waals surface area contributed by atoms with Crippen LogP contribution < -0.4 is 10.0 Å². The van der Waals surface area contributed by atoms with E-state index in [1.54, 1.807) is 0 Å². The maximum Gasteiger partial charge on any atom is 0.261 e. The molecule has 0 aliphatic rings. The molecule has 7 nitrogen and oxygen atoms in total. The molecule has 0 heterocycles. The monoisotopic (exact) mass is 546 g/mol. The van der Waals surface area contributed by atoms with Crippen molar-refractivity contribution < 1.29 is 21.6 Å². The van der Waals surface area contributed by atoms with Gasteiger partial charge < -0.3 is 5.32 Å². The van der Waals surface area contributed by atoms with Crippen molar-refractivity contribution in [2.45, 2.75) is 16.7 Å². The third kappa shape index (κ3) is 5.99. The van der Waals surface area contributed by atoms with E-state index in [2.05, 4.69) is 10.0 Å². The molecule has 0 fully saturated rings. The Balaban J connectivity index is 1.89. The van der Waals surface area contributed by atoms with E-state index in [-0.39, 0.29) is 41.9 Å². The van der Waals surface area contributed by atoms with Crippen molar-refractivity contribution in [3.63, 3.8) is 0 Å². The molecule has 0 radical (unpaired) electrons.